The van der Waals surface area contributed by atoms with Crippen LogP contribution in [0.25, 0.3) is 0 Å². The SMILES string of the molecule is CC1(C)OCC/C(=C\O)C1=O. The van der Waals surface area contributed by atoms with Crippen molar-refractivity contribution in [2.24, 2.45) is 0 Å². The molecule has 1 N–H and O–H groups in total. The normalized spacial score (nSPS) is 27.5. The third kappa shape index (κ3) is 1.43. The quantitative estimate of drug-likeness (QED) is 0.423. The summed E-state index contributed by atoms with van der Waals surface area (Å²) in [7, 11) is 0. The van der Waals surface area contributed by atoms with E-state index in [4.69, 9.17) is 9.84 Å². The number of ketones is 1. The smallest absolute Gasteiger partial charge is 0.193 e. The van der Waals surface area contributed by atoms with E-state index < -0.39 is 5.60 Å². The number of aliphatic hydroxyl groups excluding tert-OH is 1. The van der Waals surface area contributed by atoms with Gasteiger partial charge in [-0.2, -0.15) is 0 Å². The van der Waals surface area contributed by atoms with E-state index in [-0.39, 0.29) is 5.78 Å². The number of Topliss-reactive ketones (excluding diaryl/α,β-unsaturated/α-hetero) is 1. The van der Waals surface area contributed by atoms with Crippen molar-refractivity contribution in [3.8, 4) is 0 Å². The maximum atomic E-state index is 11.3. The van der Waals surface area contributed by atoms with Gasteiger partial charge in [0.25, 0.3) is 0 Å². The molecular weight excluding hydrogens is 144 g/mol. The highest BCUT2D eigenvalue weighted by atomic mass is 16.5. The molecule has 0 radical (unpaired) electrons. The Kier molecular flexibility index (Phi) is 2.00. The molecule has 0 aromatic heterocycles. The van der Waals surface area contributed by atoms with Gasteiger partial charge in [-0.3, -0.25) is 4.79 Å². The third-order valence-electron chi connectivity index (χ3n) is 1.83. The summed E-state index contributed by atoms with van der Waals surface area (Å²) in [6.07, 6.45) is 1.39. The molecule has 1 heterocycles. The lowest BCUT2D eigenvalue weighted by Crippen LogP contribution is -2.40. The van der Waals surface area contributed by atoms with Crippen molar-refractivity contribution in [2.75, 3.05) is 6.61 Å². The molecule has 0 unspecified atom stereocenters. The average Bonchev–Trinajstić information content (AvgIpc) is 1.95. The highest BCUT2D eigenvalue weighted by molar-refractivity contribution is 6.01. The van der Waals surface area contributed by atoms with Gasteiger partial charge in [0.05, 0.1) is 12.9 Å². The molecule has 1 aliphatic rings. The molecule has 0 saturated carbocycles. The fraction of sp³-hybridized carbons (Fsp3) is 0.625. The molecular formula is C8H12O3. The average molecular weight is 156 g/mol. The molecule has 3 heteroatoms. The third-order valence-corrected chi connectivity index (χ3v) is 1.83. The summed E-state index contributed by atoms with van der Waals surface area (Å²) in [6, 6.07) is 0. The fourth-order valence-corrected chi connectivity index (χ4v) is 1.11. The van der Waals surface area contributed by atoms with Gasteiger partial charge in [0.15, 0.2) is 5.78 Å². The molecule has 0 amide bonds. The van der Waals surface area contributed by atoms with Gasteiger partial charge in [0.1, 0.15) is 5.60 Å². The number of aliphatic hydroxyl groups is 1. The Hall–Kier alpha value is -0.830. The predicted molar refractivity (Wildman–Crippen MR) is 40.4 cm³/mol. The molecule has 1 fully saturated rings. The zero-order valence-corrected chi connectivity index (χ0v) is 6.76. The van der Waals surface area contributed by atoms with Crippen LogP contribution in [0.1, 0.15) is 20.3 Å². The van der Waals surface area contributed by atoms with E-state index in [0.29, 0.717) is 18.6 Å². The molecule has 0 aliphatic carbocycles. The van der Waals surface area contributed by atoms with E-state index in [0.717, 1.165) is 6.26 Å². The van der Waals surface area contributed by atoms with E-state index in [1.54, 1.807) is 13.8 Å². The topological polar surface area (TPSA) is 46.5 Å². The molecule has 1 saturated heterocycles. The molecule has 0 spiro atoms. The largest absolute Gasteiger partial charge is 0.515 e. The van der Waals surface area contributed by atoms with Gasteiger partial charge < -0.3 is 9.84 Å². The Morgan fingerprint density at radius 2 is 2.27 bits per heavy atom. The van der Waals surface area contributed by atoms with Crippen LogP contribution in [-0.2, 0) is 9.53 Å². The lowest BCUT2D eigenvalue weighted by atomic mass is 9.93. The number of ether oxygens (including phenoxy) is 1. The molecule has 0 aromatic rings. The van der Waals surface area contributed by atoms with E-state index in [1.807, 2.05) is 0 Å². The molecule has 11 heavy (non-hydrogen) atoms. The van der Waals surface area contributed by atoms with Crippen LogP contribution in [0.2, 0.25) is 0 Å². The maximum absolute atomic E-state index is 11.3. The summed E-state index contributed by atoms with van der Waals surface area (Å²) in [5.41, 5.74) is -0.298. The Labute approximate surface area is 65.7 Å². The Balaban J connectivity index is 2.85. The second-order valence-corrected chi connectivity index (χ2v) is 3.09. The van der Waals surface area contributed by atoms with Crippen LogP contribution in [-0.4, -0.2) is 23.1 Å². The van der Waals surface area contributed by atoms with Crippen LogP contribution >= 0.6 is 0 Å². The van der Waals surface area contributed by atoms with Crippen LogP contribution in [0.4, 0.5) is 0 Å². The van der Waals surface area contributed by atoms with Crippen LogP contribution in [0.3, 0.4) is 0 Å². The second kappa shape index (κ2) is 2.66. The molecule has 0 atom stereocenters. The highest BCUT2D eigenvalue weighted by Crippen LogP contribution is 2.23. The number of hydrogen-bond acceptors (Lipinski definition) is 3. The van der Waals surface area contributed by atoms with Gasteiger partial charge in [0, 0.05) is 12.0 Å². The molecule has 0 aromatic carbocycles. The fourth-order valence-electron chi connectivity index (χ4n) is 1.11. The lowest BCUT2D eigenvalue weighted by Gasteiger charge is -2.29. The van der Waals surface area contributed by atoms with Gasteiger partial charge in [-0.15, -0.1) is 0 Å². The summed E-state index contributed by atoms with van der Waals surface area (Å²) in [5, 5.41) is 8.66. The first kappa shape index (κ1) is 8.27. The van der Waals surface area contributed by atoms with Gasteiger partial charge in [-0.05, 0) is 13.8 Å². The first-order valence-electron chi connectivity index (χ1n) is 3.60. The lowest BCUT2D eigenvalue weighted by molar-refractivity contribution is -0.140. The van der Waals surface area contributed by atoms with Crippen LogP contribution in [0.5, 0.6) is 0 Å². The van der Waals surface area contributed by atoms with Crippen molar-refractivity contribution in [1.29, 1.82) is 0 Å². The van der Waals surface area contributed by atoms with Gasteiger partial charge >= 0.3 is 0 Å². The van der Waals surface area contributed by atoms with Crippen molar-refractivity contribution >= 4 is 5.78 Å². The van der Waals surface area contributed by atoms with Crippen molar-refractivity contribution in [1.82, 2.24) is 0 Å². The summed E-state index contributed by atoms with van der Waals surface area (Å²) in [4.78, 5) is 11.3. The molecule has 1 rings (SSSR count). The summed E-state index contributed by atoms with van der Waals surface area (Å²) in [5.74, 6) is -0.119. The van der Waals surface area contributed by atoms with Crippen molar-refractivity contribution < 1.29 is 14.6 Å². The van der Waals surface area contributed by atoms with Gasteiger partial charge in [0.2, 0.25) is 0 Å². The van der Waals surface area contributed by atoms with Gasteiger partial charge in [-0.1, -0.05) is 0 Å². The first-order chi connectivity index (χ1) is 5.08. The standard InChI is InChI=1S/C8H12O3/c1-8(2)7(10)6(5-9)3-4-11-8/h5,9H,3-4H2,1-2H3/b6-5+. The maximum Gasteiger partial charge on any atom is 0.193 e. The van der Waals surface area contributed by atoms with Crippen molar-refractivity contribution in [3.05, 3.63) is 11.8 Å². The minimum atomic E-state index is -0.757. The summed E-state index contributed by atoms with van der Waals surface area (Å²) >= 11 is 0. The van der Waals surface area contributed by atoms with Crippen LogP contribution in [0, 0.1) is 0 Å². The second-order valence-electron chi connectivity index (χ2n) is 3.09. The van der Waals surface area contributed by atoms with Crippen molar-refractivity contribution in [2.45, 2.75) is 25.9 Å². The van der Waals surface area contributed by atoms with E-state index in [1.165, 1.54) is 0 Å². The number of rotatable bonds is 0. The predicted octanol–water partition coefficient (Wildman–Crippen LogP) is 1.20. The summed E-state index contributed by atoms with van der Waals surface area (Å²) < 4.78 is 5.21. The number of carbonyl (C=O) groups is 1. The highest BCUT2D eigenvalue weighted by Gasteiger charge is 2.34. The monoisotopic (exact) mass is 156 g/mol. The Bertz CT molecular complexity index is 203. The zero-order valence-electron chi connectivity index (χ0n) is 6.76. The molecule has 1 aliphatic heterocycles. The number of hydrogen-bond donors (Lipinski definition) is 1. The molecule has 0 bridgehead atoms. The van der Waals surface area contributed by atoms with E-state index >= 15 is 0 Å². The van der Waals surface area contributed by atoms with Crippen molar-refractivity contribution in [3.63, 3.8) is 0 Å². The summed E-state index contributed by atoms with van der Waals surface area (Å²) in [6.45, 7) is 3.92. The molecule has 3 nitrogen and oxygen atoms in total. The van der Waals surface area contributed by atoms with Gasteiger partial charge in [-0.25, -0.2) is 0 Å². The van der Waals surface area contributed by atoms with E-state index in [9.17, 15) is 4.79 Å². The Morgan fingerprint density at radius 3 is 2.73 bits per heavy atom. The minimum Gasteiger partial charge on any atom is -0.515 e. The van der Waals surface area contributed by atoms with Crippen LogP contribution < -0.4 is 0 Å². The zero-order chi connectivity index (χ0) is 8.48. The molecule has 62 valence electrons. The minimum absolute atomic E-state index is 0.119. The van der Waals surface area contributed by atoms with Crippen LogP contribution in [0.15, 0.2) is 11.8 Å². The Morgan fingerprint density at radius 1 is 1.64 bits per heavy atom. The van der Waals surface area contributed by atoms with E-state index in [2.05, 4.69) is 0 Å². The first-order valence-corrected chi connectivity index (χ1v) is 3.60. The number of carbonyl (C=O) groups excluding carboxylic acids is 1.